The molecule has 0 amide bonds. The number of fused-ring (bicyclic) bond motifs is 1. The van der Waals surface area contributed by atoms with Crippen molar-refractivity contribution in [2.24, 2.45) is 5.92 Å². The van der Waals surface area contributed by atoms with Gasteiger partial charge in [0.05, 0.1) is 0 Å². The molecule has 0 nitrogen and oxygen atoms in total. The zero-order valence-corrected chi connectivity index (χ0v) is 24.1. The van der Waals surface area contributed by atoms with E-state index in [2.05, 4.69) is 84.0 Å². The molecule has 3 aromatic rings. The van der Waals surface area contributed by atoms with E-state index in [9.17, 15) is 0 Å². The Labute approximate surface area is 212 Å². The molecule has 2 radical (unpaired) electrons. The van der Waals surface area contributed by atoms with Crippen molar-refractivity contribution in [3.8, 4) is 11.1 Å². The summed E-state index contributed by atoms with van der Waals surface area (Å²) in [7, 11) is 0. The fraction of sp³-hybridized carbons (Fsp3) is 0.250. The van der Waals surface area contributed by atoms with Crippen LogP contribution in [-0.2, 0) is 29.8 Å². The SMILES string of the molecule is CC1=[C-]C(C)C(C)=C1C.CCc1[cH-]c2c(Cl)cccc2c1-c1ccccc1.[CH3-].[CH3-].[Si]=[Zr]. The van der Waals surface area contributed by atoms with Crippen LogP contribution in [0.25, 0.3) is 21.9 Å². The van der Waals surface area contributed by atoms with Gasteiger partial charge in [0.2, 0.25) is 0 Å². The van der Waals surface area contributed by atoms with Crippen molar-refractivity contribution in [1.29, 1.82) is 0 Å². The summed E-state index contributed by atoms with van der Waals surface area (Å²) in [6, 6.07) is 18.9. The zero-order chi connectivity index (χ0) is 21.6. The van der Waals surface area contributed by atoms with Crippen LogP contribution in [0.15, 0.2) is 71.3 Å². The van der Waals surface area contributed by atoms with E-state index in [4.69, 9.17) is 11.6 Å². The average molecular weight is 524 g/mol. The molecule has 1 unspecified atom stereocenters. The minimum absolute atomic E-state index is 0. The third-order valence-corrected chi connectivity index (χ3v) is 5.97. The van der Waals surface area contributed by atoms with Crippen molar-refractivity contribution < 1.29 is 23.3 Å². The number of allylic oxidation sites excluding steroid dienone is 4. The molecule has 0 saturated heterocycles. The Morgan fingerprint density at radius 1 is 1.00 bits per heavy atom. The van der Waals surface area contributed by atoms with Crippen molar-refractivity contribution >= 4 is 29.3 Å². The van der Waals surface area contributed by atoms with Gasteiger partial charge >= 0.3 is 30.2 Å². The second-order valence-electron chi connectivity index (χ2n) is 7.26. The van der Waals surface area contributed by atoms with Crippen LogP contribution in [-0.4, -0.2) is 6.88 Å². The van der Waals surface area contributed by atoms with Crippen LogP contribution >= 0.6 is 11.6 Å². The fourth-order valence-electron chi connectivity index (χ4n) is 3.71. The van der Waals surface area contributed by atoms with Crippen LogP contribution in [0, 0.1) is 26.8 Å². The van der Waals surface area contributed by atoms with Gasteiger partial charge in [-0.2, -0.15) is 11.1 Å². The van der Waals surface area contributed by atoms with Gasteiger partial charge in [0.1, 0.15) is 0 Å². The maximum absolute atomic E-state index is 6.29. The van der Waals surface area contributed by atoms with Crippen molar-refractivity contribution in [2.45, 2.75) is 41.0 Å². The van der Waals surface area contributed by atoms with Crippen LogP contribution in [0.1, 0.15) is 40.2 Å². The number of aryl methyl sites for hydroxylation is 1. The third kappa shape index (κ3) is 6.95. The second-order valence-corrected chi connectivity index (χ2v) is 7.67. The van der Waals surface area contributed by atoms with E-state index in [1.165, 1.54) is 62.1 Å². The second kappa shape index (κ2) is 14.1. The molecule has 0 heterocycles. The van der Waals surface area contributed by atoms with Gasteiger partial charge in [-0.05, 0) is 11.4 Å². The van der Waals surface area contributed by atoms with Gasteiger partial charge < -0.3 is 14.9 Å². The van der Waals surface area contributed by atoms with E-state index in [-0.39, 0.29) is 14.9 Å². The summed E-state index contributed by atoms with van der Waals surface area (Å²) in [5.74, 6) is 0.560. The molecule has 1 atom stereocenters. The predicted molar refractivity (Wildman–Crippen MR) is 138 cm³/mol. The number of benzene rings is 2. The molecule has 0 aromatic heterocycles. The van der Waals surface area contributed by atoms with Gasteiger partial charge in [0.15, 0.2) is 0 Å². The molecular formula is C28H33ClSiZr-4. The van der Waals surface area contributed by atoms with Crippen LogP contribution in [0.2, 0.25) is 5.02 Å². The number of hydrogen-bond acceptors (Lipinski definition) is 0. The van der Waals surface area contributed by atoms with Gasteiger partial charge in [-0.1, -0.05) is 81.6 Å². The third-order valence-electron chi connectivity index (χ3n) is 5.64. The molecular weight excluding hydrogens is 491 g/mol. The van der Waals surface area contributed by atoms with E-state index in [0.29, 0.717) is 5.92 Å². The Kier molecular flexibility index (Phi) is 13.7. The molecule has 0 aliphatic heterocycles. The summed E-state index contributed by atoms with van der Waals surface area (Å²) >= 11 is 7.64. The molecule has 0 fully saturated rings. The van der Waals surface area contributed by atoms with E-state index >= 15 is 0 Å². The molecule has 0 saturated carbocycles. The molecule has 0 bridgehead atoms. The van der Waals surface area contributed by atoms with Crippen molar-refractivity contribution in [3.63, 3.8) is 0 Å². The van der Waals surface area contributed by atoms with E-state index in [0.717, 1.165) is 16.8 Å². The Morgan fingerprint density at radius 2 is 1.61 bits per heavy atom. The Hall–Kier alpha value is -1.08. The van der Waals surface area contributed by atoms with E-state index in [1.807, 2.05) is 18.2 Å². The molecule has 1 aliphatic rings. The first-order valence-electron chi connectivity index (χ1n) is 9.89. The summed E-state index contributed by atoms with van der Waals surface area (Å²) in [5.41, 5.74) is 8.21. The van der Waals surface area contributed by atoms with Gasteiger partial charge in [0, 0.05) is 0 Å². The number of rotatable bonds is 2. The van der Waals surface area contributed by atoms with Gasteiger partial charge in [0.25, 0.3) is 0 Å². The van der Waals surface area contributed by atoms with Crippen molar-refractivity contribution in [2.75, 3.05) is 0 Å². The normalized spacial score (nSPS) is 14.4. The summed E-state index contributed by atoms with van der Waals surface area (Å²) in [4.78, 5) is 0. The zero-order valence-electron chi connectivity index (χ0n) is 19.9. The molecule has 3 heteroatoms. The average Bonchev–Trinajstić information content (AvgIpc) is 3.24. The fourth-order valence-corrected chi connectivity index (χ4v) is 3.94. The minimum atomic E-state index is 0. The molecule has 1 aliphatic carbocycles. The first kappa shape index (κ1) is 29.9. The monoisotopic (exact) mass is 522 g/mol. The maximum atomic E-state index is 6.29. The van der Waals surface area contributed by atoms with Crippen molar-refractivity contribution in [1.82, 2.24) is 0 Å². The first-order valence-corrected chi connectivity index (χ1v) is 14.5. The van der Waals surface area contributed by atoms with Crippen LogP contribution in [0.4, 0.5) is 0 Å². The quantitative estimate of drug-likeness (QED) is 0.233. The van der Waals surface area contributed by atoms with Crippen LogP contribution in [0.5, 0.6) is 0 Å². The number of hydrogen-bond donors (Lipinski definition) is 0. The molecule has 4 rings (SSSR count). The number of halogens is 1. The molecule has 31 heavy (non-hydrogen) atoms. The van der Waals surface area contributed by atoms with Crippen LogP contribution in [0.3, 0.4) is 0 Å². The van der Waals surface area contributed by atoms with Crippen LogP contribution < -0.4 is 0 Å². The van der Waals surface area contributed by atoms with E-state index in [1.54, 1.807) is 0 Å². The van der Waals surface area contributed by atoms with Gasteiger partial charge in [-0.25, -0.2) is 5.57 Å². The Morgan fingerprint density at radius 3 is 2.06 bits per heavy atom. The molecule has 3 aromatic carbocycles. The Balaban J connectivity index is 0.000000595. The van der Waals surface area contributed by atoms with Crippen molar-refractivity contribution in [3.05, 3.63) is 103 Å². The molecule has 0 N–H and O–H groups in total. The standard InChI is InChI=1S/C17H14Cl.C9H13.2CH3.Si.Zr/c1-2-12-11-15-14(9-6-10-16(15)18)17(12)13-7-4-3-5-8-13;1-6-5-7(2)9(4)8(6)3;;;;/h3-11H,2H2,1H3;6H,1-4H3;2*1H3;;/q4*-1;;. The Bertz CT molecular complexity index is 1030. The summed E-state index contributed by atoms with van der Waals surface area (Å²) < 4.78 is 0. The summed E-state index contributed by atoms with van der Waals surface area (Å²) in [6.45, 7) is 13.9. The predicted octanol–water partition coefficient (Wildman–Crippen LogP) is 8.68. The van der Waals surface area contributed by atoms with Gasteiger partial charge in [-0.15, -0.1) is 52.6 Å². The molecule has 164 valence electrons. The topological polar surface area (TPSA) is 0 Å². The van der Waals surface area contributed by atoms with E-state index < -0.39 is 0 Å². The molecule has 0 spiro atoms. The first-order chi connectivity index (χ1) is 13.9. The summed E-state index contributed by atoms with van der Waals surface area (Å²) in [5, 5.41) is 3.25. The summed E-state index contributed by atoms with van der Waals surface area (Å²) in [6.07, 6.45) is 4.38. The van der Waals surface area contributed by atoms with Gasteiger partial charge in [-0.3, -0.25) is 6.08 Å².